The fraction of sp³-hybridized carbons (Fsp3) is 0.529. The molecule has 2 atom stereocenters. The number of hydrogen-bond donors (Lipinski definition) is 2. The Balaban J connectivity index is 0.00000243. The number of imide groups is 1. The standard InChI is InChI=1S/C17H23N3O4S.ClH/c1-12-11-18-8-7-15(12)19-25(23,24)10-4-9-20-16(21)13-5-2-3-6-14(13)17(20)22;/h2-3,5-6,12,15,18-19H,4,7-11H2,1H3;1H. The van der Waals surface area contributed by atoms with E-state index in [1.165, 1.54) is 0 Å². The Morgan fingerprint density at radius 2 is 1.81 bits per heavy atom. The lowest BCUT2D eigenvalue weighted by Gasteiger charge is -2.30. The quantitative estimate of drug-likeness (QED) is 0.693. The molecule has 0 saturated carbocycles. The first kappa shape index (κ1) is 20.8. The highest BCUT2D eigenvalue weighted by atomic mass is 35.5. The van der Waals surface area contributed by atoms with E-state index in [0.29, 0.717) is 11.1 Å². The highest BCUT2D eigenvalue weighted by Crippen LogP contribution is 2.22. The molecule has 1 fully saturated rings. The molecule has 0 aliphatic carbocycles. The lowest BCUT2D eigenvalue weighted by Crippen LogP contribution is -2.49. The van der Waals surface area contributed by atoms with Gasteiger partial charge in [0, 0.05) is 12.6 Å². The van der Waals surface area contributed by atoms with Gasteiger partial charge in [0.05, 0.1) is 16.9 Å². The SMILES string of the molecule is CC1CNCCC1NS(=O)(=O)CCCN1C(=O)c2ccccc2C1=O.Cl. The maximum absolute atomic E-state index is 12.3. The molecule has 3 rings (SSSR count). The summed E-state index contributed by atoms with van der Waals surface area (Å²) >= 11 is 0. The van der Waals surface area contributed by atoms with Crippen molar-refractivity contribution in [3.8, 4) is 0 Å². The maximum atomic E-state index is 12.3. The van der Waals surface area contributed by atoms with E-state index in [-0.39, 0.29) is 54.9 Å². The van der Waals surface area contributed by atoms with Gasteiger partial charge in [0.1, 0.15) is 0 Å². The molecule has 26 heavy (non-hydrogen) atoms. The summed E-state index contributed by atoms with van der Waals surface area (Å²) in [6, 6.07) is 6.59. The molecular formula is C17H24ClN3O4S. The Bertz CT molecular complexity index is 749. The fourth-order valence-corrected chi connectivity index (χ4v) is 4.77. The number of piperidine rings is 1. The molecular weight excluding hydrogens is 378 g/mol. The average Bonchev–Trinajstić information content (AvgIpc) is 2.82. The number of carbonyl (C=O) groups excluding carboxylic acids is 2. The zero-order valence-electron chi connectivity index (χ0n) is 14.6. The molecule has 2 N–H and O–H groups in total. The number of nitrogens with zero attached hydrogens (tertiary/aromatic N) is 1. The summed E-state index contributed by atoms with van der Waals surface area (Å²) in [5.74, 6) is -0.563. The first-order valence-electron chi connectivity index (χ1n) is 8.55. The molecule has 2 heterocycles. The molecule has 1 saturated heterocycles. The van der Waals surface area contributed by atoms with Gasteiger partial charge in [-0.3, -0.25) is 14.5 Å². The van der Waals surface area contributed by atoms with Crippen molar-refractivity contribution in [2.24, 2.45) is 5.92 Å². The van der Waals surface area contributed by atoms with Crippen molar-refractivity contribution in [1.82, 2.24) is 14.9 Å². The highest BCUT2D eigenvalue weighted by Gasteiger charge is 2.35. The fourth-order valence-electron chi connectivity index (χ4n) is 3.33. The molecule has 1 aromatic rings. The zero-order chi connectivity index (χ0) is 18.0. The summed E-state index contributed by atoms with van der Waals surface area (Å²) in [6.07, 6.45) is 0.985. The summed E-state index contributed by atoms with van der Waals surface area (Å²) < 4.78 is 27.3. The van der Waals surface area contributed by atoms with E-state index in [2.05, 4.69) is 10.0 Å². The number of rotatable bonds is 6. The topological polar surface area (TPSA) is 95.6 Å². The Morgan fingerprint density at radius 3 is 2.38 bits per heavy atom. The van der Waals surface area contributed by atoms with Crippen LogP contribution in [0.3, 0.4) is 0 Å². The predicted octanol–water partition coefficient (Wildman–Crippen LogP) is 1.01. The van der Waals surface area contributed by atoms with Crippen LogP contribution in [0.2, 0.25) is 0 Å². The normalized spacial score (nSPS) is 22.9. The van der Waals surface area contributed by atoms with Crippen LogP contribution in [0, 0.1) is 5.92 Å². The van der Waals surface area contributed by atoms with Crippen molar-refractivity contribution in [3.63, 3.8) is 0 Å². The number of hydrogen-bond acceptors (Lipinski definition) is 5. The van der Waals surface area contributed by atoms with Gasteiger partial charge in [-0.1, -0.05) is 19.1 Å². The molecule has 2 aliphatic heterocycles. The molecule has 144 valence electrons. The summed E-state index contributed by atoms with van der Waals surface area (Å²) in [5.41, 5.74) is 0.772. The van der Waals surface area contributed by atoms with Crippen molar-refractivity contribution >= 4 is 34.2 Å². The Hall–Kier alpha value is -1.48. The van der Waals surface area contributed by atoms with E-state index in [1.807, 2.05) is 6.92 Å². The van der Waals surface area contributed by atoms with Gasteiger partial charge in [-0.15, -0.1) is 12.4 Å². The molecule has 0 spiro atoms. The largest absolute Gasteiger partial charge is 0.316 e. The van der Waals surface area contributed by atoms with Gasteiger partial charge in [0.25, 0.3) is 11.8 Å². The molecule has 0 bridgehead atoms. The third kappa shape index (κ3) is 4.43. The van der Waals surface area contributed by atoms with Gasteiger partial charge in [-0.2, -0.15) is 0 Å². The predicted molar refractivity (Wildman–Crippen MR) is 101 cm³/mol. The third-order valence-electron chi connectivity index (χ3n) is 4.79. The van der Waals surface area contributed by atoms with Crippen molar-refractivity contribution < 1.29 is 18.0 Å². The van der Waals surface area contributed by atoms with E-state index < -0.39 is 10.0 Å². The van der Waals surface area contributed by atoms with Gasteiger partial charge in [-0.25, -0.2) is 13.1 Å². The van der Waals surface area contributed by atoms with E-state index in [1.54, 1.807) is 24.3 Å². The molecule has 2 aliphatic rings. The highest BCUT2D eigenvalue weighted by molar-refractivity contribution is 7.89. The van der Waals surface area contributed by atoms with Crippen molar-refractivity contribution in [2.75, 3.05) is 25.4 Å². The summed E-state index contributed by atoms with van der Waals surface area (Å²) in [7, 11) is -3.44. The van der Waals surface area contributed by atoms with Crippen molar-refractivity contribution in [2.45, 2.75) is 25.8 Å². The first-order valence-corrected chi connectivity index (χ1v) is 10.2. The summed E-state index contributed by atoms with van der Waals surface area (Å²) in [5, 5.41) is 3.23. The molecule has 2 unspecified atom stereocenters. The monoisotopic (exact) mass is 401 g/mol. The van der Waals surface area contributed by atoms with E-state index in [9.17, 15) is 18.0 Å². The molecule has 0 radical (unpaired) electrons. The number of amides is 2. The molecule has 7 nitrogen and oxygen atoms in total. The van der Waals surface area contributed by atoms with Crippen molar-refractivity contribution in [3.05, 3.63) is 35.4 Å². The van der Waals surface area contributed by atoms with Crippen LogP contribution in [0.5, 0.6) is 0 Å². The molecule has 1 aromatic carbocycles. The third-order valence-corrected chi connectivity index (χ3v) is 6.28. The Morgan fingerprint density at radius 1 is 1.19 bits per heavy atom. The van der Waals surface area contributed by atoms with E-state index >= 15 is 0 Å². The average molecular weight is 402 g/mol. The molecule has 9 heteroatoms. The minimum atomic E-state index is -3.44. The number of carbonyl (C=O) groups is 2. The number of nitrogens with one attached hydrogen (secondary N) is 2. The van der Waals surface area contributed by atoms with E-state index in [4.69, 9.17) is 0 Å². The summed E-state index contributed by atoms with van der Waals surface area (Å²) in [6.45, 7) is 3.71. The van der Waals surface area contributed by atoms with Crippen LogP contribution in [-0.2, 0) is 10.0 Å². The Labute approximate surface area is 160 Å². The second kappa shape index (κ2) is 8.47. The van der Waals surface area contributed by atoms with Gasteiger partial charge >= 0.3 is 0 Å². The van der Waals surface area contributed by atoms with E-state index in [0.717, 1.165) is 24.4 Å². The second-order valence-electron chi connectivity index (χ2n) is 6.67. The number of fused-ring (bicyclic) bond motifs is 1. The summed E-state index contributed by atoms with van der Waals surface area (Å²) in [4.78, 5) is 25.6. The minimum absolute atomic E-state index is 0. The Kier molecular flexibility index (Phi) is 6.79. The first-order chi connectivity index (χ1) is 11.9. The van der Waals surface area contributed by atoms with Crippen LogP contribution in [0.25, 0.3) is 0 Å². The number of sulfonamides is 1. The van der Waals surface area contributed by atoms with Crippen LogP contribution >= 0.6 is 12.4 Å². The number of benzene rings is 1. The van der Waals surface area contributed by atoms with Gasteiger partial charge in [0.2, 0.25) is 10.0 Å². The number of halogens is 1. The van der Waals surface area contributed by atoms with Crippen LogP contribution in [0.4, 0.5) is 0 Å². The lowest BCUT2D eigenvalue weighted by atomic mass is 9.97. The van der Waals surface area contributed by atoms with Gasteiger partial charge in [-0.05, 0) is 44.0 Å². The second-order valence-corrected chi connectivity index (χ2v) is 8.55. The van der Waals surface area contributed by atoms with Crippen LogP contribution in [0.1, 0.15) is 40.5 Å². The maximum Gasteiger partial charge on any atom is 0.261 e. The van der Waals surface area contributed by atoms with Crippen LogP contribution in [-0.4, -0.2) is 56.6 Å². The van der Waals surface area contributed by atoms with Crippen LogP contribution in [0.15, 0.2) is 24.3 Å². The molecule has 2 amide bonds. The van der Waals surface area contributed by atoms with Gasteiger partial charge in [0.15, 0.2) is 0 Å². The zero-order valence-corrected chi connectivity index (χ0v) is 16.2. The van der Waals surface area contributed by atoms with Crippen molar-refractivity contribution in [1.29, 1.82) is 0 Å². The smallest absolute Gasteiger partial charge is 0.261 e. The molecule has 0 aromatic heterocycles. The lowest BCUT2D eigenvalue weighted by molar-refractivity contribution is 0.0654. The van der Waals surface area contributed by atoms with Gasteiger partial charge < -0.3 is 5.32 Å². The van der Waals surface area contributed by atoms with Crippen LogP contribution < -0.4 is 10.0 Å². The minimum Gasteiger partial charge on any atom is -0.316 e.